The van der Waals surface area contributed by atoms with Crippen molar-refractivity contribution in [1.82, 2.24) is 0 Å². The fourth-order valence-electron chi connectivity index (χ4n) is 5.58. The normalized spacial score (nSPS) is 16.7. The summed E-state index contributed by atoms with van der Waals surface area (Å²) in [6, 6.07) is 17.1. The first-order valence-electron chi connectivity index (χ1n) is 14.7. The Kier molecular flexibility index (Phi) is 10.7. The molecule has 0 saturated heterocycles. The van der Waals surface area contributed by atoms with Gasteiger partial charge in [-0.05, 0) is 67.2 Å². The van der Waals surface area contributed by atoms with E-state index in [-0.39, 0.29) is 25.9 Å². The first kappa shape index (κ1) is 32.2. The minimum atomic E-state index is -0.536. The largest absolute Gasteiger partial charge is 0.490 e. The van der Waals surface area contributed by atoms with Gasteiger partial charge in [-0.3, -0.25) is 0 Å². The summed E-state index contributed by atoms with van der Waals surface area (Å²) < 4.78 is 22.2. The van der Waals surface area contributed by atoms with E-state index in [9.17, 15) is 9.59 Å². The van der Waals surface area contributed by atoms with Crippen LogP contribution in [0.15, 0.2) is 133 Å². The minimum absolute atomic E-state index is 0.113. The fourth-order valence-corrected chi connectivity index (χ4v) is 5.58. The molecule has 0 aliphatic heterocycles. The number of hydrogen-bond acceptors (Lipinski definition) is 6. The number of allylic oxidation sites excluding steroid dienone is 6. The molecule has 0 fully saturated rings. The highest BCUT2D eigenvalue weighted by atomic mass is 16.6. The number of hydrogen-bond donors (Lipinski definition) is 0. The molecule has 0 heterocycles. The van der Waals surface area contributed by atoms with Crippen LogP contribution in [0.1, 0.15) is 38.3 Å². The maximum Gasteiger partial charge on any atom is 0.333 e. The van der Waals surface area contributed by atoms with Crippen molar-refractivity contribution in [2.45, 2.75) is 38.7 Å². The first-order valence-corrected chi connectivity index (χ1v) is 14.7. The van der Waals surface area contributed by atoms with Gasteiger partial charge in [-0.25, -0.2) is 9.59 Å². The van der Waals surface area contributed by atoms with Gasteiger partial charge in [-0.15, -0.1) is 0 Å². The molecule has 0 aromatic heterocycles. The second-order valence-electron chi connectivity index (χ2n) is 10.8. The predicted molar refractivity (Wildman–Crippen MR) is 174 cm³/mol. The Morgan fingerprint density at radius 1 is 0.818 bits per heavy atom. The molecule has 0 saturated carbocycles. The van der Waals surface area contributed by atoms with Crippen molar-refractivity contribution in [2.75, 3.05) is 26.4 Å². The number of fused-ring (bicyclic) bond motifs is 3. The van der Waals surface area contributed by atoms with Crippen LogP contribution in [-0.2, 0) is 34.0 Å². The van der Waals surface area contributed by atoms with Crippen molar-refractivity contribution in [3.8, 4) is 11.1 Å². The summed E-state index contributed by atoms with van der Waals surface area (Å²) >= 11 is 0. The van der Waals surface area contributed by atoms with Gasteiger partial charge >= 0.3 is 11.9 Å². The second kappa shape index (κ2) is 14.7. The summed E-state index contributed by atoms with van der Waals surface area (Å²) in [7, 11) is 0. The van der Waals surface area contributed by atoms with E-state index in [2.05, 4.69) is 99.5 Å². The van der Waals surface area contributed by atoms with Crippen LogP contribution in [-0.4, -0.2) is 44.5 Å². The Balaban J connectivity index is 1.62. The molecule has 2 aromatic carbocycles. The Bertz CT molecular complexity index is 1520. The van der Waals surface area contributed by atoms with Gasteiger partial charge in [0.2, 0.25) is 0 Å². The highest BCUT2D eigenvalue weighted by molar-refractivity contribution is 5.88. The van der Waals surface area contributed by atoms with E-state index in [1.54, 1.807) is 19.9 Å². The Morgan fingerprint density at radius 3 is 1.89 bits per heavy atom. The summed E-state index contributed by atoms with van der Waals surface area (Å²) in [4.78, 5) is 23.3. The highest BCUT2D eigenvalue weighted by Crippen LogP contribution is 2.57. The minimum Gasteiger partial charge on any atom is -0.490 e. The Morgan fingerprint density at radius 2 is 1.36 bits per heavy atom. The molecule has 6 heteroatoms. The lowest BCUT2D eigenvalue weighted by Gasteiger charge is -2.36. The third kappa shape index (κ3) is 6.92. The summed E-state index contributed by atoms with van der Waals surface area (Å²) in [5, 5.41) is 0. The van der Waals surface area contributed by atoms with Crippen molar-refractivity contribution in [3.05, 3.63) is 144 Å². The Hall–Kier alpha value is -4.68. The molecule has 0 spiro atoms. The van der Waals surface area contributed by atoms with Gasteiger partial charge in [-0.1, -0.05) is 98.1 Å². The van der Waals surface area contributed by atoms with Crippen LogP contribution < -0.4 is 0 Å². The van der Waals surface area contributed by atoms with Crippen molar-refractivity contribution >= 4 is 11.9 Å². The molecular weight excluding hydrogens is 552 g/mol. The molecule has 0 amide bonds. The van der Waals surface area contributed by atoms with Gasteiger partial charge in [0.15, 0.2) is 0 Å². The third-order valence-corrected chi connectivity index (χ3v) is 7.67. The maximum atomic E-state index is 11.7. The summed E-state index contributed by atoms with van der Waals surface area (Å²) in [5.41, 5.74) is 7.25. The van der Waals surface area contributed by atoms with E-state index in [0.29, 0.717) is 29.9 Å². The lowest BCUT2D eigenvalue weighted by atomic mass is 9.66. The molecule has 0 radical (unpaired) electrons. The van der Waals surface area contributed by atoms with E-state index in [4.69, 9.17) is 18.9 Å². The molecule has 0 N–H and O–H groups in total. The van der Waals surface area contributed by atoms with E-state index >= 15 is 0 Å². The molecule has 44 heavy (non-hydrogen) atoms. The zero-order chi connectivity index (χ0) is 31.7. The van der Waals surface area contributed by atoms with Crippen LogP contribution in [0, 0.1) is 0 Å². The van der Waals surface area contributed by atoms with Crippen molar-refractivity contribution in [2.24, 2.45) is 0 Å². The number of benzene rings is 2. The van der Waals surface area contributed by atoms with Crippen molar-refractivity contribution < 1.29 is 28.5 Å². The molecule has 2 aliphatic carbocycles. The van der Waals surface area contributed by atoms with E-state index in [0.717, 1.165) is 11.1 Å². The summed E-state index contributed by atoms with van der Waals surface area (Å²) in [6.45, 7) is 17.3. The maximum absolute atomic E-state index is 11.7. The van der Waals surface area contributed by atoms with Crippen LogP contribution >= 0.6 is 0 Å². The first-order chi connectivity index (χ1) is 21.2. The van der Waals surface area contributed by atoms with Gasteiger partial charge < -0.3 is 18.9 Å². The fraction of sp³-hybridized carbons (Fsp3) is 0.263. The highest BCUT2D eigenvalue weighted by Gasteiger charge is 2.46. The van der Waals surface area contributed by atoms with Crippen molar-refractivity contribution in [1.29, 1.82) is 0 Å². The topological polar surface area (TPSA) is 71.1 Å². The van der Waals surface area contributed by atoms with Crippen LogP contribution in [0.3, 0.4) is 0 Å². The average molecular weight is 593 g/mol. The third-order valence-electron chi connectivity index (χ3n) is 7.67. The van der Waals surface area contributed by atoms with E-state index in [1.807, 2.05) is 6.08 Å². The Labute approximate surface area is 260 Å². The molecule has 0 bridgehead atoms. The number of ether oxygens (including phenoxy) is 4. The van der Waals surface area contributed by atoms with Crippen LogP contribution in [0.5, 0.6) is 0 Å². The van der Waals surface area contributed by atoms with E-state index in [1.165, 1.54) is 22.3 Å². The van der Waals surface area contributed by atoms with Crippen LogP contribution in [0.4, 0.5) is 0 Å². The molecule has 2 aromatic rings. The molecule has 228 valence electrons. The second-order valence-corrected chi connectivity index (χ2v) is 10.8. The quantitative estimate of drug-likeness (QED) is 0.0744. The molecule has 1 atom stereocenters. The smallest absolute Gasteiger partial charge is 0.333 e. The summed E-state index contributed by atoms with van der Waals surface area (Å²) in [5.74, 6) is -0.288. The van der Waals surface area contributed by atoms with Crippen LogP contribution in [0.2, 0.25) is 0 Å². The van der Waals surface area contributed by atoms with Gasteiger partial charge in [0.25, 0.3) is 0 Å². The van der Waals surface area contributed by atoms with Crippen LogP contribution in [0.25, 0.3) is 11.1 Å². The van der Waals surface area contributed by atoms with Gasteiger partial charge in [0, 0.05) is 11.1 Å². The molecule has 6 nitrogen and oxygen atoms in total. The SMILES string of the molecule is C=C/C(=C\C=C(/C)C1(C2=CCC(OCCOC(=O)C(=C)C)C=C2)c2ccccc2-c2ccccc21)OCCOC(=O)C(=C)C. The standard InChI is InChI=1S/C38H40O6/c1-7-30(41-22-24-43-36(39)26(2)3)19-16-28(6)38(34-14-10-8-12-32(34)33-13-9-11-15-35(33)38)29-17-20-31(21-18-29)42-23-25-44-37(40)27(4)5/h7-20,31H,1-2,4,21-25H2,3,5-6H3/b28-16+,30-19+. The number of esters is 2. The molecule has 2 aliphatic rings. The summed E-state index contributed by atoms with van der Waals surface area (Å²) in [6.07, 6.45) is 12.6. The number of rotatable bonds is 14. The number of carbonyl (C=O) groups excluding carboxylic acids is 2. The average Bonchev–Trinajstić information content (AvgIpc) is 3.33. The van der Waals surface area contributed by atoms with Gasteiger partial charge in [0.1, 0.15) is 25.6 Å². The predicted octanol–water partition coefficient (Wildman–Crippen LogP) is 7.50. The molecule has 4 rings (SSSR count). The lowest BCUT2D eigenvalue weighted by molar-refractivity contribution is -0.141. The zero-order valence-corrected chi connectivity index (χ0v) is 25.8. The molecular formula is C38H40O6. The molecule has 1 unspecified atom stereocenters. The zero-order valence-electron chi connectivity index (χ0n) is 25.8. The van der Waals surface area contributed by atoms with Gasteiger partial charge in [-0.2, -0.15) is 0 Å². The van der Waals surface area contributed by atoms with Crippen molar-refractivity contribution in [3.63, 3.8) is 0 Å². The monoisotopic (exact) mass is 592 g/mol. The van der Waals surface area contributed by atoms with Gasteiger partial charge in [0.05, 0.1) is 18.1 Å². The lowest BCUT2D eigenvalue weighted by Crippen LogP contribution is -2.30. The van der Waals surface area contributed by atoms with E-state index < -0.39 is 17.4 Å². The number of carbonyl (C=O) groups is 2.